The van der Waals surface area contributed by atoms with Crippen LogP contribution in [0.2, 0.25) is 0 Å². The summed E-state index contributed by atoms with van der Waals surface area (Å²) in [5, 5.41) is 11.2. The second kappa shape index (κ2) is 6.93. The van der Waals surface area contributed by atoms with Crippen LogP contribution in [0.5, 0.6) is 0 Å². The van der Waals surface area contributed by atoms with Gasteiger partial charge in [0.15, 0.2) is 0 Å². The van der Waals surface area contributed by atoms with E-state index < -0.39 is 12.0 Å². The lowest BCUT2D eigenvalue weighted by atomic mass is 10.1. The number of thiophene rings is 1. The molecule has 1 aromatic rings. The SMILES string of the molecule is CC(C(=O)O)N(C(=O)CCC(=O)N1CCc2sccc2C1)C1CC1. The molecular formula is C17H22N2O4S. The highest BCUT2D eigenvalue weighted by Gasteiger charge is 2.38. The van der Waals surface area contributed by atoms with Crippen LogP contribution in [0.4, 0.5) is 0 Å². The van der Waals surface area contributed by atoms with Gasteiger partial charge in [-0.25, -0.2) is 4.79 Å². The third-order valence-electron chi connectivity index (χ3n) is 4.72. The van der Waals surface area contributed by atoms with Gasteiger partial charge in [-0.05, 0) is 43.2 Å². The zero-order chi connectivity index (χ0) is 17.3. The summed E-state index contributed by atoms with van der Waals surface area (Å²) in [6, 6.07) is 1.25. The molecule has 130 valence electrons. The van der Waals surface area contributed by atoms with Gasteiger partial charge in [-0.1, -0.05) is 0 Å². The Morgan fingerprint density at radius 1 is 1.38 bits per heavy atom. The minimum absolute atomic E-state index is 0.0288. The van der Waals surface area contributed by atoms with Gasteiger partial charge < -0.3 is 14.9 Å². The van der Waals surface area contributed by atoms with Crippen LogP contribution in [0.15, 0.2) is 11.4 Å². The molecule has 0 saturated heterocycles. The van der Waals surface area contributed by atoms with Crippen LogP contribution >= 0.6 is 11.3 Å². The number of carboxylic acid groups (broad SMARTS) is 1. The van der Waals surface area contributed by atoms with Crippen molar-refractivity contribution < 1.29 is 19.5 Å². The van der Waals surface area contributed by atoms with Crippen molar-refractivity contribution in [1.82, 2.24) is 9.80 Å². The fourth-order valence-corrected chi connectivity index (χ4v) is 4.06. The number of carboxylic acids is 1. The molecule has 1 fully saturated rings. The topological polar surface area (TPSA) is 77.9 Å². The van der Waals surface area contributed by atoms with E-state index >= 15 is 0 Å². The number of nitrogens with zero attached hydrogens (tertiary/aromatic N) is 2. The predicted octanol–water partition coefficient (Wildman–Crippen LogP) is 1.88. The average molecular weight is 350 g/mol. The first-order valence-corrected chi connectivity index (χ1v) is 9.22. The van der Waals surface area contributed by atoms with Crippen LogP contribution in [0.1, 0.15) is 43.0 Å². The van der Waals surface area contributed by atoms with Crippen molar-refractivity contribution in [2.75, 3.05) is 6.54 Å². The first kappa shape index (κ1) is 17.0. The van der Waals surface area contributed by atoms with E-state index in [1.54, 1.807) is 16.2 Å². The summed E-state index contributed by atoms with van der Waals surface area (Å²) in [5.74, 6) is -1.25. The fraction of sp³-hybridized carbons (Fsp3) is 0.588. The number of amides is 2. The highest BCUT2D eigenvalue weighted by Crippen LogP contribution is 2.30. The van der Waals surface area contributed by atoms with Crippen molar-refractivity contribution >= 4 is 29.1 Å². The fourth-order valence-electron chi connectivity index (χ4n) is 3.17. The normalized spacial score (nSPS) is 18.0. The third-order valence-corrected chi connectivity index (χ3v) is 5.74. The molecule has 7 heteroatoms. The number of fused-ring (bicyclic) bond motifs is 1. The zero-order valence-corrected chi connectivity index (χ0v) is 14.6. The van der Waals surface area contributed by atoms with Gasteiger partial charge in [0.2, 0.25) is 11.8 Å². The van der Waals surface area contributed by atoms with Crippen molar-refractivity contribution in [2.45, 2.75) is 57.7 Å². The lowest BCUT2D eigenvalue weighted by Crippen LogP contribution is -2.45. The maximum atomic E-state index is 12.4. The lowest BCUT2D eigenvalue weighted by Gasteiger charge is -2.29. The summed E-state index contributed by atoms with van der Waals surface area (Å²) in [5.41, 5.74) is 1.20. The van der Waals surface area contributed by atoms with Gasteiger partial charge in [-0.15, -0.1) is 11.3 Å². The summed E-state index contributed by atoms with van der Waals surface area (Å²) in [6.07, 6.45) is 2.81. The van der Waals surface area contributed by atoms with Gasteiger partial charge in [0.25, 0.3) is 0 Å². The van der Waals surface area contributed by atoms with E-state index in [1.807, 2.05) is 11.4 Å². The summed E-state index contributed by atoms with van der Waals surface area (Å²) < 4.78 is 0. The molecule has 0 spiro atoms. The van der Waals surface area contributed by atoms with E-state index in [1.165, 1.54) is 22.3 Å². The van der Waals surface area contributed by atoms with Crippen molar-refractivity contribution in [2.24, 2.45) is 0 Å². The van der Waals surface area contributed by atoms with Crippen molar-refractivity contribution in [3.63, 3.8) is 0 Å². The molecule has 1 aliphatic heterocycles. The van der Waals surface area contributed by atoms with E-state index in [4.69, 9.17) is 5.11 Å². The minimum atomic E-state index is -0.998. The highest BCUT2D eigenvalue weighted by molar-refractivity contribution is 7.10. The van der Waals surface area contributed by atoms with Crippen LogP contribution in [0.25, 0.3) is 0 Å². The number of carbonyl (C=O) groups excluding carboxylic acids is 2. The summed E-state index contributed by atoms with van der Waals surface area (Å²) >= 11 is 1.72. The quantitative estimate of drug-likeness (QED) is 0.850. The Hall–Kier alpha value is -1.89. The Labute approximate surface area is 145 Å². The monoisotopic (exact) mass is 350 g/mol. The molecule has 1 unspecified atom stereocenters. The molecule has 2 amide bonds. The van der Waals surface area contributed by atoms with E-state index in [9.17, 15) is 14.4 Å². The number of rotatable bonds is 6. The highest BCUT2D eigenvalue weighted by atomic mass is 32.1. The number of aliphatic carboxylic acids is 1. The van der Waals surface area contributed by atoms with Crippen LogP contribution in [-0.4, -0.2) is 51.3 Å². The molecule has 1 aliphatic carbocycles. The van der Waals surface area contributed by atoms with Gasteiger partial charge in [0.1, 0.15) is 6.04 Å². The Morgan fingerprint density at radius 3 is 2.79 bits per heavy atom. The van der Waals surface area contributed by atoms with E-state index in [0.29, 0.717) is 13.1 Å². The second-order valence-corrected chi connectivity index (χ2v) is 7.48. The molecule has 0 aromatic carbocycles. The predicted molar refractivity (Wildman–Crippen MR) is 89.6 cm³/mol. The molecule has 1 aromatic heterocycles. The standard InChI is InChI=1S/C17H22N2O4S/c1-11(17(22)23)19(13-2-3-13)16(21)5-4-15(20)18-8-6-14-12(10-18)7-9-24-14/h7,9,11,13H,2-6,8,10H2,1H3,(H,22,23). The molecule has 1 saturated carbocycles. The molecule has 1 atom stereocenters. The maximum absolute atomic E-state index is 12.4. The molecular weight excluding hydrogens is 328 g/mol. The number of carbonyl (C=O) groups is 3. The molecule has 2 heterocycles. The number of hydrogen-bond donors (Lipinski definition) is 1. The molecule has 3 rings (SSSR count). The van der Waals surface area contributed by atoms with Gasteiger partial charge >= 0.3 is 5.97 Å². The zero-order valence-electron chi connectivity index (χ0n) is 13.7. The van der Waals surface area contributed by atoms with Crippen LogP contribution in [0, 0.1) is 0 Å². The molecule has 1 N–H and O–H groups in total. The van der Waals surface area contributed by atoms with Crippen molar-refractivity contribution in [3.05, 3.63) is 21.9 Å². The lowest BCUT2D eigenvalue weighted by molar-refractivity contribution is -0.150. The van der Waals surface area contributed by atoms with Gasteiger partial charge in [0, 0.05) is 36.9 Å². The summed E-state index contributed by atoms with van der Waals surface area (Å²) in [7, 11) is 0. The number of hydrogen-bond acceptors (Lipinski definition) is 4. The van der Waals surface area contributed by atoms with Gasteiger partial charge in [0.05, 0.1) is 0 Å². The van der Waals surface area contributed by atoms with Crippen LogP contribution < -0.4 is 0 Å². The van der Waals surface area contributed by atoms with Crippen molar-refractivity contribution in [1.29, 1.82) is 0 Å². The van der Waals surface area contributed by atoms with Crippen molar-refractivity contribution in [3.8, 4) is 0 Å². The van der Waals surface area contributed by atoms with Gasteiger partial charge in [-0.3, -0.25) is 9.59 Å². The average Bonchev–Trinajstić information content (AvgIpc) is 3.27. The smallest absolute Gasteiger partial charge is 0.326 e. The summed E-state index contributed by atoms with van der Waals surface area (Å²) in [6.45, 7) is 2.84. The molecule has 6 nitrogen and oxygen atoms in total. The summed E-state index contributed by atoms with van der Waals surface area (Å²) in [4.78, 5) is 40.6. The van der Waals surface area contributed by atoms with Crippen LogP contribution in [0.3, 0.4) is 0 Å². The molecule has 24 heavy (non-hydrogen) atoms. The molecule has 0 bridgehead atoms. The second-order valence-electron chi connectivity index (χ2n) is 6.48. The first-order chi connectivity index (χ1) is 11.5. The Morgan fingerprint density at radius 2 is 2.12 bits per heavy atom. The molecule has 2 aliphatic rings. The molecule has 0 radical (unpaired) electrons. The Kier molecular flexibility index (Phi) is 4.89. The van der Waals surface area contributed by atoms with Gasteiger partial charge in [-0.2, -0.15) is 0 Å². The minimum Gasteiger partial charge on any atom is -0.480 e. The van der Waals surface area contributed by atoms with Crippen LogP contribution in [-0.2, 0) is 27.3 Å². The maximum Gasteiger partial charge on any atom is 0.326 e. The van der Waals surface area contributed by atoms with E-state index in [-0.39, 0.29) is 30.7 Å². The van der Waals surface area contributed by atoms with E-state index in [2.05, 4.69) is 0 Å². The Bertz CT molecular complexity index is 653. The van der Waals surface area contributed by atoms with E-state index in [0.717, 1.165) is 19.3 Å². The Balaban J connectivity index is 1.54. The largest absolute Gasteiger partial charge is 0.480 e. The third kappa shape index (κ3) is 3.61. The first-order valence-electron chi connectivity index (χ1n) is 8.34.